The summed E-state index contributed by atoms with van der Waals surface area (Å²) in [5.41, 5.74) is 2.56. The molecule has 1 rings (SSSR count). The van der Waals surface area contributed by atoms with Crippen molar-refractivity contribution in [3.63, 3.8) is 0 Å². The van der Waals surface area contributed by atoms with Crippen LogP contribution in [0.15, 0.2) is 24.3 Å². The Bertz CT molecular complexity index is 377. The number of carboxylic acid groups (broad SMARTS) is 1. The molecule has 0 heterocycles. The van der Waals surface area contributed by atoms with Crippen LogP contribution in [0.25, 0.3) is 0 Å². The first-order valence-electron chi connectivity index (χ1n) is 6.62. The Morgan fingerprint density at radius 1 is 1.28 bits per heavy atom. The second-order valence-corrected chi connectivity index (χ2v) is 4.70. The Hall–Kier alpha value is -1.35. The van der Waals surface area contributed by atoms with Crippen LogP contribution in [-0.4, -0.2) is 29.1 Å². The molecule has 1 aromatic carbocycles. The van der Waals surface area contributed by atoms with Crippen LogP contribution in [0.2, 0.25) is 0 Å². The van der Waals surface area contributed by atoms with Gasteiger partial charge in [0.15, 0.2) is 0 Å². The number of hydrogen-bond acceptors (Lipinski definition) is 2. The molecule has 0 aliphatic carbocycles. The third kappa shape index (κ3) is 5.32. The average Bonchev–Trinajstić information content (AvgIpc) is 2.35. The lowest BCUT2D eigenvalue weighted by molar-refractivity contribution is -0.137. The number of carbonyl (C=O) groups is 1. The van der Waals surface area contributed by atoms with E-state index < -0.39 is 5.97 Å². The van der Waals surface area contributed by atoms with Crippen LogP contribution in [0.5, 0.6) is 0 Å². The number of benzene rings is 1. The fourth-order valence-corrected chi connectivity index (χ4v) is 1.93. The molecule has 0 unspecified atom stereocenters. The molecule has 0 fully saturated rings. The van der Waals surface area contributed by atoms with Crippen LogP contribution < -0.4 is 0 Å². The van der Waals surface area contributed by atoms with E-state index in [1.807, 2.05) is 12.1 Å². The normalized spacial score (nSPS) is 10.8. The molecule has 3 heteroatoms. The number of rotatable bonds is 8. The summed E-state index contributed by atoms with van der Waals surface area (Å²) in [5, 5.41) is 8.78. The van der Waals surface area contributed by atoms with Crippen LogP contribution >= 0.6 is 0 Å². The number of aryl methyl sites for hydroxylation is 1. The molecular weight excluding hydrogens is 226 g/mol. The van der Waals surface area contributed by atoms with Crippen LogP contribution in [-0.2, 0) is 11.3 Å². The number of carboxylic acids is 1. The van der Waals surface area contributed by atoms with Crippen LogP contribution in [0, 0.1) is 6.92 Å². The van der Waals surface area contributed by atoms with Crippen molar-refractivity contribution in [2.24, 2.45) is 0 Å². The van der Waals surface area contributed by atoms with Gasteiger partial charge in [0.05, 0.1) is 6.42 Å². The minimum atomic E-state index is -0.721. The van der Waals surface area contributed by atoms with Crippen LogP contribution in [0.1, 0.15) is 37.3 Å². The molecule has 0 saturated heterocycles. The highest BCUT2D eigenvalue weighted by atomic mass is 16.4. The van der Waals surface area contributed by atoms with Crippen molar-refractivity contribution in [1.29, 1.82) is 0 Å². The molecule has 0 aliphatic heterocycles. The molecule has 1 N–H and O–H groups in total. The first-order valence-corrected chi connectivity index (χ1v) is 6.62. The third-order valence-corrected chi connectivity index (χ3v) is 3.12. The summed E-state index contributed by atoms with van der Waals surface area (Å²) in [7, 11) is 0. The van der Waals surface area contributed by atoms with Gasteiger partial charge in [-0.3, -0.25) is 9.69 Å². The summed E-state index contributed by atoms with van der Waals surface area (Å²) in [4.78, 5) is 12.9. The number of hydrogen-bond donors (Lipinski definition) is 1. The predicted octanol–water partition coefficient (Wildman–Crippen LogP) is 3.07. The van der Waals surface area contributed by atoms with Crippen molar-refractivity contribution < 1.29 is 9.90 Å². The van der Waals surface area contributed by atoms with E-state index in [0.717, 1.165) is 25.9 Å². The van der Waals surface area contributed by atoms with Gasteiger partial charge in [-0.2, -0.15) is 0 Å². The maximum Gasteiger partial charge on any atom is 0.304 e. The lowest BCUT2D eigenvalue weighted by atomic mass is 10.1. The zero-order valence-corrected chi connectivity index (χ0v) is 11.4. The van der Waals surface area contributed by atoms with Crippen molar-refractivity contribution >= 4 is 5.97 Å². The van der Waals surface area contributed by atoms with Gasteiger partial charge in [0.2, 0.25) is 0 Å². The largest absolute Gasteiger partial charge is 0.481 e. The van der Waals surface area contributed by atoms with E-state index in [-0.39, 0.29) is 6.42 Å². The van der Waals surface area contributed by atoms with Crippen molar-refractivity contribution in [1.82, 2.24) is 4.90 Å². The minimum absolute atomic E-state index is 0.218. The second kappa shape index (κ2) is 7.88. The number of aliphatic carboxylic acids is 1. The van der Waals surface area contributed by atoms with E-state index in [1.165, 1.54) is 11.1 Å². The smallest absolute Gasteiger partial charge is 0.304 e. The molecule has 0 amide bonds. The van der Waals surface area contributed by atoms with E-state index in [0.29, 0.717) is 6.54 Å². The Labute approximate surface area is 109 Å². The number of nitrogens with zero attached hydrogens (tertiary/aromatic N) is 1. The van der Waals surface area contributed by atoms with Crippen LogP contribution in [0.3, 0.4) is 0 Å². The zero-order valence-electron chi connectivity index (χ0n) is 11.4. The Morgan fingerprint density at radius 2 is 2.00 bits per heavy atom. The van der Waals surface area contributed by atoms with Gasteiger partial charge in [-0.1, -0.05) is 37.6 Å². The highest BCUT2D eigenvalue weighted by molar-refractivity contribution is 5.66. The van der Waals surface area contributed by atoms with E-state index in [4.69, 9.17) is 5.11 Å². The first-order chi connectivity index (χ1) is 8.63. The maximum absolute atomic E-state index is 10.7. The molecule has 0 saturated carbocycles. The molecule has 0 atom stereocenters. The SMILES string of the molecule is CCCCN(CCC(=O)O)Cc1ccccc1C. The molecule has 0 aliphatic rings. The van der Waals surface area contributed by atoms with Crippen molar-refractivity contribution in [3.8, 4) is 0 Å². The van der Waals surface area contributed by atoms with Crippen LogP contribution in [0.4, 0.5) is 0 Å². The van der Waals surface area contributed by atoms with Gasteiger partial charge in [-0.15, -0.1) is 0 Å². The fourth-order valence-electron chi connectivity index (χ4n) is 1.93. The Kier molecular flexibility index (Phi) is 6.44. The summed E-state index contributed by atoms with van der Waals surface area (Å²) in [6.07, 6.45) is 2.47. The van der Waals surface area contributed by atoms with Gasteiger partial charge in [-0.05, 0) is 31.0 Å². The first kappa shape index (κ1) is 14.7. The zero-order chi connectivity index (χ0) is 13.4. The van der Waals surface area contributed by atoms with Gasteiger partial charge in [0, 0.05) is 13.1 Å². The predicted molar refractivity (Wildman–Crippen MR) is 73.6 cm³/mol. The topological polar surface area (TPSA) is 40.5 Å². The molecule has 3 nitrogen and oxygen atoms in total. The molecule has 100 valence electrons. The second-order valence-electron chi connectivity index (χ2n) is 4.70. The lowest BCUT2D eigenvalue weighted by Crippen LogP contribution is -2.27. The van der Waals surface area contributed by atoms with Crippen molar-refractivity contribution in [3.05, 3.63) is 35.4 Å². The maximum atomic E-state index is 10.7. The molecule has 0 spiro atoms. The molecule has 0 bridgehead atoms. The van der Waals surface area contributed by atoms with Gasteiger partial charge in [0.1, 0.15) is 0 Å². The summed E-state index contributed by atoms with van der Waals surface area (Å²) < 4.78 is 0. The van der Waals surface area contributed by atoms with E-state index in [1.54, 1.807) is 0 Å². The van der Waals surface area contributed by atoms with Gasteiger partial charge >= 0.3 is 5.97 Å². The highest BCUT2D eigenvalue weighted by Gasteiger charge is 2.09. The summed E-state index contributed by atoms with van der Waals surface area (Å²) >= 11 is 0. The average molecular weight is 249 g/mol. The van der Waals surface area contributed by atoms with Crippen molar-refractivity contribution in [2.45, 2.75) is 39.7 Å². The monoisotopic (exact) mass is 249 g/mol. The molecule has 0 aromatic heterocycles. The summed E-state index contributed by atoms with van der Waals surface area (Å²) in [5.74, 6) is -0.721. The summed E-state index contributed by atoms with van der Waals surface area (Å²) in [6.45, 7) is 6.70. The van der Waals surface area contributed by atoms with Crippen molar-refractivity contribution in [2.75, 3.05) is 13.1 Å². The highest BCUT2D eigenvalue weighted by Crippen LogP contribution is 2.11. The minimum Gasteiger partial charge on any atom is -0.481 e. The molecule has 1 aromatic rings. The van der Waals surface area contributed by atoms with E-state index >= 15 is 0 Å². The summed E-state index contributed by atoms with van der Waals surface area (Å²) in [6, 6.07) is 8.30. The van der Waals surface area contributed by atoms with E-state index in [9.17, 15) is 4.79 Å². The standard InChI is InChI=1S/C15H23NO2/c1-3-4-10-16(11-9-15(17)18)12-14-8-6-5-7-13(14)2/h5-8H,3-4,9-12H2,1-2H3,(H,17,18). The quantitative estimate of drug-likeness (QED) is 0.769. The fraction of sp³-hybridized carbons (Fsp3) is 0.533. The molecule has 18 heavy (non-hydrogen) atoms. The van der Waals surface area contributed by atoms with Gasteiger partial charge in [0.25, 0.3) is 0 Å². The Morgan fingerprint density at radius 3 is 2.61 bits per heavy atom. The molecule has 0 radical (unpaired) electrons. The van der Waals surface area contributed by atoms with Gasteiger partial charge < -0.3 is 5.11 Å². The molecular formula is C15H23NO2. The third-order valence-electron chi connectivity index (χ3n) is 3.12. The lowest BCUT2D eigenvalue weighted by Gasteiger charge is -2.22. The van der Waals surface area contributed by atoms with Gasteiger partial charge in [-0.25, -0.2) is 0 Å². The Balaban J connectivity index is 2.59. The van der Waals surface area contributed by atoms with E-state index in [2.05, 4.69) is 30.9 Å². The number of unbranched alkanes of at least 4 members (excludes halogenated alkanes) is 1.